The average molecular weight is 398 g/mol. The van der Waals surface area contributed by atoms with E-state index in [-0.39, 0.29) is 11.6 Å². The fraction of sp³-hybridized carbons (Fsp3) is 0.409. The highest BCUT2D eigenvalue weighted by atomic mass is 19.1. The number of carbonyl (C=O) groups is 1. The molecular weight excluding hydrogens is 371 g/mol. The second kappa shape index (κ2) is 9.37. The molecule has 0 atom stereocenters. The van der Waals surface area contributed by atoms with Crippen LogP contribution in [0.2, 0.25) is 0 Å². The lowest BCUT2D eigenvalue weighted by molar-refractivity contribution is 0.0488. The Kier molecular flexibility index (Phi) is 7.16. The van der Waals surface area contributed by atoms with Crippen molar-refractivity contribution < 1.29 is 13.9 Å². The lowest BCUT2D eigenvalue weighted by Crippen LogP contribution is -2.47. The summed E-state index contributed by atoms with van der Waals surface area (Å²) in [5.41, 5.74) is 0.340. The van der Waals surface area contributed by atoms with Crippen molar-refractivity contribution in [1.82, 2.24) is 10.2 Å². The van der Waals surface area contributed by atoms with Gasteiger partial charge in [0.1, 0.15) is 23.3 Å². The summed E-state index contributed by atoms with van der Waals surface area (Å²) in [4.78, 5) is 18.5. The smallest absolute Gasteiger partial charge is 0.407 e. The Morgan fingerprint density at radius 1 is 1.41 bits per heavy atom. The van der Waals surface area contributed by atoms with Crippen molar-refractivity contribution in [1.29, 1.82) is 5.26 Å². The van der Waals surface area contributed by atoms with Crippen molar-refractivity contribution in [2.24, 2.45) is 4.99 Å². The first kappa shape index (κ1) is 22.2. The van der Waals surface area contributed by atoms with Gasteiger partial charge in [-0.25, -0.2) is 14.2 Å². The molecule has 1 N–H and O–H groups in total. The molecule has 0 aliphatic carbocycles. The van der Waals surface area contributed by atoms with Crippen LogP contribution in [0.25, 0.3) is 5.70 Å². The number of amidine groups is 1. The Labute approximate surface area is 171 Å². The van der Waals surface area contributed by atoms with Gasteiger partial charge in [0.15, 0.2) is 0 Å². The van der Waals surface area contributed by atoms with Gasteiger partial charge >= 0.3 is 6.09 Å². The van der Waals surface area contributed by atoms with Crippen LogP contribution in [-0.2, 0) is 4.74 Å². The number of aliphatic imine (C=N–C) groups is 1. The molecule has 0 radical (unpaired) electrons. The third-order valence-corrected chi connectivity index (χ3v) is 4.39. The number of ether oxygens (including phenoxy) is 1. The van der Waals surface area contributed by atoms with E-state index in [0.29, 0.717) is 30.2 Å². The van der Waals surface area contributed by atoms with E-state index in [1.165, 1.54) is 12.1 Å². The van der Waals surface area contributed by atoms with Crippen molar-refractivity contribution in [3.63, 3.8) is 0 Å². The normalized spacial score (nSPS) is 15.4. The third kappa shape index (κ3) is 6.46. The van der Waals surface area contributed by atoms with Gasteiger partial charge in [-0.05, 0) is 51.8 Å². The summed E-state index contributed by atoms with van der Waals surface area (Å²) in [6, 6.07) is 6.10. The maximum atomic E-state index is 13.8. The van der Waals surface area contributed by atoms with Crippen LogP contribution in [0.1, 0.15) is 44.7 Å². The molecule has 0 aromatic heterocycles. The van der Waals surface area contributed by atoms with Crippen LogP contribution in [0.3, 0.4) is 0 Å². The Bertz CT molecular complexity index is 857. The van der Waals surface area contributed by atoms with E-state index >= 15 is 0 Å². The molecule has 1 heterocycles. The summed E-state index contributed by atoms with van der Waals surface area (Å²) in [6.45, 7) is 14.6. The van der Waals surface area contributed by atoms with Gasteiger partial charge in [0, 0.05) is 24.7 Å². The largest absolute Gasteiger partial charge is 0.444 e. The van der Waals surface area contributed by atoms with Crippen molar-refractivity contribution in [2.75, 3.05) is 13.1 Å². The van der Waals surface area contributed by atoms with E-state index in [0.717, 1.165) is 12.8 Å². The van der Waals surface area contributed by atoms with Crippen molar-refractivity contribution in [2.45, 2.75) is 45.3 Å². The number of piperidine rings is 1. The molecule has 2 rings (SSSR count). The monoisotopic (exact) mass is 398 g/mol. The van der Waals surface area contributed by atoms with Gasteiger partial charge in [-0.15, -0.1) is 0 Å². The summed E-state index contributed by atoms with van der Waals surface area (Å²) in [5.74, 6) is 0.0334. The second-order valence-corrected chi connectivity index (χ2v) is 7.83. The van der Waals surface area contributed by atoms with E-state index in [4.69, 9.17) is 10.00 Å². The zero-order valence-corrected chi connectivity index (χ0v) is 17.2. The minimum absolute atomic E-state index is 0.0194. The topological polar surface area (TPSA) is 77.7 Å². The number of hydrogen-bond acceptors (Lipinski definition) is 4. The predicted octanol–water partition coefficient (Wildman–Crippen LogP) is 4.24. The molecule has 7 heteroatoms. The Hall–Kier alpha value is -3.14. The fourth-order valence-corrected chi connectivity index (χ4v) is 2.96. The van der Waals surface area contributed by atoms with Gasteiger partial charge in [-0.1, -0.05) is 19.2 Å². The molecule has 0 bridgehead atoms. The maximum Gasteiger partial charge on any atom is 0.407 e. The number of carbonyl (C=O) groups excluding carboxylic acids is 1. The van der Waals surface area contributed by atoms with Crippen LogP contribution in [-0.4, -0.2) is 41.6 Å². The summed E-state index contributed by atoms with van der Waals surface area (Å²) < 4.78 is 19.1. The third-order valence-electron chi connectivity index (χ3n) is 4.39. The number of benzene rings is 1. The zero-order chi connectivity index (χ0) is 21.6. The van der Waals surface area contributed by atoms with Crippen LogP contribution >= 0.6 is 0 Å². The van der Waals surface area contributed by atoms with Crippen LogP contribution < -0.4 is 5.32 Å². The number of hydrogen-bond donors (Lipinski definition) is 1. The molecule has 1 aliphatic heterocycles. The highest BCUT2D eigenvalue weighted by Gasteiger charge is 2.24. The number of halogens is 1. The zero-order valence-electron chi connectivity index (χ0n) is 17.2. The molecule has 0 unspecified atom stereocenters. The lowest BCUT2D eigenvalue weighted by atomic mass is 10.0. The van der Waals surface area contributed by atoms with Crippen LogP contribution in [0.4, 0.5) is 9.18 Å². The van der Waals surface area contributed by atoms with E-state index in [9.17, 15) is 9.18 Å². The number of rotatable bonds is 4. The molecule has 1 aromatic carbocycles. The Balaban J connectivity index is 1.98. The van der Waals surface area contributed by atoms with E-state index in [1.807, 2.05) is 25.7 Å². The number of likely N-dealkylation sites (tertiary alicyclic amines) is 1. The predicted molar refractivity (Wildman–Crippen MR) is 112 cm³/mol. The SMILES string of the molecule is C=C/C(=N\C(=C)c1ccc(C#N)c(F)c1)N1CCC(NC(=O)OC(C)(C)C)CC1. The molecule has 1 amide bonds. The van der Waals surface area contributed by atoms with Gasteiger partial charge in [-0.2, -0.15) is 5.26 Å². The van der Waals surface area contributed by atoms with Crippen LogP contribution in [0.15, 0.2) is 42.4 Å². The van der Waals surface area contributed by atoms with Crippen LogP contribution in [0, 0.1) is 17.1 Å². The minimum atomic E-state index is -0.601. The molecule has 29 heavy (non-hydrogen) atoms. The summed E-state index contributed by atoms with van der Waals surface area (Å²) in [6.07, 6.45) is 2.70. The molecule has 154 valence electrons. The molecule has 1 fully saturated rings. The summed E-state index contributed by atoms with van der Waals surface area (Å²) in [7, 11) is 0. The lowest BCUT2D eigenvalue weighted by Gasteiger charge is -2.34. The average Bonchev–Trinajstić information content (AvgIpc) is 2.65. The quantitative estimate of drug-likeness (QED) is 0.608. The Morgan fingerprint density at radius 2 is 2.07 bits per heavy atom. The first-order valence-corrected chi connectivity index (χ1v) is 9.47. The van der Waals surface area contributed by atoms with Crippen molar-refractivity contribution >= 4 is 17.6 Å². The minimum Gasteiger partial charge on any atom is -0.444 e. The summed E-state index contributed by atoms with van der Waals surface area (Å²) >= 11 is 0. The first-order valence-electron chi connectivity index (χ1n) is 9.47. The van der Waals surface area contributed by atoms with E-state index < -0.39 is 17.5 Å². The molecular formula is C22H27FN4O2. The van der Waals surface area contributed by atoms with E-state index in [2.05, 4.69) is 23.5 Å². The fourth-order valence-electron chi connectivity index (χ4n) is 2.96. The molecule has 6 nitrogen and oxygen atoms in total. The van der Waals surface area contributed by atoms with Crippen LogP contribution in [0.5, 0.6) is 0 Å². The number of amides is 1. The van der Waals surface area contributed by atoms with Crippen molar-refractivity contribution in [3.05, 3.63) is 54.4 Å². The number of nitriles is 1. The Morgan fingerprint density at radius 3 is 2.59 bits per heavy atom. The van der Waals surface area contributed by atoms with Crippen molar-refractivity contribution in [3.8, 4) is 6.07 Å². The number of alkyl carbamates (subject to hydrolysis) is 1. The highest BCUT2D eigenvalue weighted by molar-refractivity contribution is 5.96. The molecule has 1 aromatic rings. The maximum absolute atomic E-state index is 13.8. The van der Waals surface area contributed by atoms with Gasteiger partial charge in [0.05, 0.1) is 11.3 Å². The molecule has 0 saturated carbocycles. The van der Waals surface area contributed by atoms with Gasteiger partial charge < -0.3 is 15.0 Å². The molecule has 1 aliphatic rings. The highest BCUT2D eigenvalue weighted by Crippen LogP contribution is 2.20. The first-order chi connectivity index (χ1) is 13.6. The standard InChI is InChI=1S/C22H27FN4O2/c1-6-20(25-15(2)16-7-8-17(14-24)19(23)13-16)27-11-9-18(10-12-27)26-21(28)29-22(3,4)5/h6-8,13,18H,1-2,9-12H2,3-5H3,(H,26,28)/b25-20+. The number of nitrogens with one attached hydrogen (secondary N) is 1. The van der Waals surface area contributed by atoms with Gasteiger partial charge in [0.25, 0.3) is 0 Å². The second-order valence-electron chi connectivity index (χ2n) is 7.83. The van der Waals surface area contributed by atoms with Gasteiger partial charge in [0.2, 0.25) is 0 Å². The molecule has 0 spiro atoms. The molecule has 1 saturated heterocycles. The number of nitrogens with zero attached hydrogens (tertiary/aromatic N) is 3. The van der Waals surface area contributed by atoms with E-state index in [1.54, 1.807) is 18.2 Å². The van der Waals surface area contributed by atoms with Gasteiger partial charge in [-0.3, -0.25) is 0 Å². The summed E-state index contributed by atoms with van der Waals surface area (Å²) in [5, 5.41) is 11.7.